The average Bonchev–Trinajstić information content (AvgIpc) is 3.50. The molecule has 5 rings (SSSR count). The number of hydrogen-bond acceptors (Lipinski definition) is 7. The van der Waals surface area contributed by atoms with Crippen LogP contribution in [-0.2, 0) is 19.1 Å². The Labute approximate surface area is 257 Å². The van der Waals surface area contributed by atoms with Crippen LogP contribution in [0, 0.1) is 5.41 Å². The van der Waals surface area contributed by atoms with Gasteiger partial charge in [-0.25, -0.2) is 4.79 Å². The maximum absolute atomic E-state index is 14.2. The van der Waals surface area contributed by atoms with Crippen molar-refractivity contribution in [3.8, 4) is 0 Å². The van der Waals surface area contributed by atoms with Gasteiger partial charge < -0.3 is 20.3 Å². The molecule has 2 saturated heterocycles. The Kier molecular flexibility index (Phi) is 9.09. The van der Waals surface area contributed by atoms with Gasteiger partial charge in [0.15, 0.2) is 0 Å². The topological polar surface area (TPSA) is 108 Å². The molecule has 3 heterocycles. The van der Waals surface area contributed by atoms with Crippen LogP contribution >= 0.6 is 23.5 Å². The summed E-state index contributed by atoms with van der Waals surface area (Å²) in [5, 5.41) is 6.19. The minimum atomic E-state index is -0.831. The molecule has 5 atom stereocenters. The highest BCUT2D eigenvalue weighted by Gasteiger charge is 2.59. The molecule has 1 aromatic rings. The first-order chi connectivity index (χ1) is 19.9. The van der Waals surface area contributed by atoms with Crippen molar-refractivity contribution in [1.29, 1.82) is 0 Å². The molecule has 11 heteroatoms. The molecule has 3 aliphatic heterocycles. The fourth-order valence-corrected chi connectivity index (χ4v) is 9.46. The van der Waals surface area contributed by atoms with Crippen LogP contribution in [0.15, 0.2) is 29.2 Å². The predicted molar refractivity (Wildman–Crippen MR) is 165 cm³/mol. The summed E-state index contributed by atoms with van der Waals surface area (Å²) in [5.41, 5.74) is 0.212. The Balaban J connectivity index is 1.34. The van der Waals surface area contributed by atoms with Crippen LogP contribution in [-0.4, -0.2) is 81.3 Å². The van der Waals surface area contributed by atoms with Crippen LogP contribution in [0.25, 0.3) is 0 Å². The van der Waals surface area contributed by atoms with Gasteiger partial charge in [0.25, 0.3) is 0 Å². The van der Waals surface area contributed by atoms with Gasteiger partial charge in [0.2, 0.25) is 17.7 Å². The minimum Gasteiger partial charge on any atom is -0.444 e. The SMILES string of the molecule is C[C@@H](C(=O)N[C@H]1CCS[C@H]2CC3(CCCC3)[C@@H](C(=O)N[C@@H]3CCSc4ccccc43)N2C1=O)N(C)C(=O)OC(C)(C)C. The third kappa shape index (κ3) is 6.27. The van der Waals surface area contributed by atoms with E-state index in [1.54, 1.807) is 39.5 Å². The van der Waals surface area contributed by atoms with E-state index in [9.17, 15) is 19.2 Å². The first kappa shape index (κ1) is 31.0. The van der Waals surface area contributed by atoms with Gasteiger partial charge in [0, 0.05) is 23.1 Å². The lowest BCUT2D eigenvalue weighted by atomic mass is 9.78. The molecular formula is C31H44N4O5S2. The second kappa shape index (κ2) is 12.3. The van der Waals surface area contributed by atoms with E-state index in [1.165, 1.54) is 16.8 Å². The summed E-state index contributed by atoms with van der Waals surface area (Å²) < 4.78 is 5.42. The van der Waals surface area contributed by atoms with E-state index in [-0.39, 0.29) is 28.6 Å². The van der Waals surface area contributed by atoms with Crippen molar-refractivity contribution in [3.63, 3.8) is 0 Å². The van der Waals surface area contributed by atoms with Gasteiger partial charge in [-0.05, 0) is 77.2 Å². The number of benzene rings is 1. The van der Waals surface area contributed by atoms with Crippen LogP contribution in [0.5, 0.6) is 0 Å². The second-order valence-electron chi connectivity index (χ2n) is 13.1. The van der Waals surface area contributed by atoms with Crippen molar-refractivity contribution < 1.29 is 23.9 Å². The van der Waals surface area contributed by atoms with Crippen LogP contribution in [0.3, 0.4) is 0 Å². The molecule has 2 N–H and O–H groups in total. The van der Waals surface area contributed by atoms with E-state index < -0.39 is 35.7 Å². The molecule has 1 spiro atoms. The largest absolute Gasteiger partial charge is 0.444 e. The molecule has 1 saturated carbocycles. The Bertz CT molecular complexity index is 1210. The number of carbonyl (C=O) groups excluding carboxylic acids is 4. The van der Waals surface area contributed by atoms with Crippen LogP contribution < -0.4 is 10.6 Å². The lowest BCUT2D eigenvalue weighted by Gasteiger charge is -2.37. The van der Waals surface area contributed by atoms with Crippen LogP contribution in [0.2, 0.25) is 0 Å². The quantitative estimate of drug-likeness (QED) is 0.494. The number of rotatable bonds is 5. The first-order valence-corrected chi connectivity index (χ1v) is 17.2. The van der Waals surface area contributed by atoms with Gasteiger partial charge in [0.05, 0.1) is 11.4 Å². The zero-order chi connectivity index (χ0) is 30.2. The van der Waals surface area contributed by atoms with Gasteiger partial charge in [-0.1, -0.05) is 31.0 Å². The molecule has 0 unspecified atom stereocenters. The van der Waals surface area contributed by atoms with E-state index in [4.69, 9.17) is 4.74 Å². The minimum absolute atomic E-state index is 0.0787. The van der Waals surface area contributed by atoms with E-state index in [0.717, 1.165) is 49.8 Å². The summed E-state index contributed by atoms with van der Waals surface area (Å²) in [5.74, 6) is 0.936. The third-order valence-electron chi connectivity index (χ3n) is 9.10. The summed E-state index contributed by atoms with van der Waals surface area (Å²) in [6.07, 6.45) is 5.49. The summed E-state index contributed by atoms with van der Waals surface area (Å²) in [4.78, 5) is 58.6. The number of amides is 4. The van der Waals surface area contributed by atoms with Crippen molar-refractivity contribution in [2.45, 2.75) is 113 Å². The zero-order valence-electron chi connectivity index (χ0n) is 25.3. The predicted octanol–water partition coefficient (Wildman–Crippen LogP) is 4.70. The zero-order valence-corrected chi connectivity index (χ0v) is 26.9. The molecule has 42 heavy (non-hydrogen) atoms. The summed E-state index contributed by atoms with van der Waals surface area (Å²) in [6, 6.07) is 5.99. The molecule has 4 aliphatic rings. The van der Waals surface area contributed by atoms with Crippen molar-refractivity contribution in [1.82, 2.24) is 20.4 Å². The standard InChI is InChI=1S/C31H44N4O5S2/c1-19(34(5)29(39)40-30(2,3)4)26(36)33-22-13-17-42-24-18-31(14-8-9-15-31)25(35(24)28(22)38)27(37)32-21-12-16-41-23-11-7-6-10-20(21)23/h6-7,10-11,19,21-22,24-25H,8-9,12-18H2,1-5H3,(H,32,37)(H,33,36)/t19-,21+,22-,24-,25+/m0/s1. The normalized spacial score (nSPS) is 27.5. The highest BCUT2D eigenvalue weighted by Crippen LogP contribution is 2.55. The van der Waals surface area contributed by atoms with Crippen molar-refractivity contribution in [2.24, 2.45) is 5.41 Å². The highest BCUT2D eigenvalue weighted by atomic mass is 32.2. The van der Waals surface area contributed by atoms with Gasteiger partial charge in [-0.15, -0.1) is 23.5 Å². The Morgan fingerprint density at radius 1 is 1.07 bits per heavy atom. The van der Waals surface area contributed by atoms with Crippen LogP contribution in [0.1, 0.15) is 84.2 Å². The van der Waals surface area contributed by atoms with E-state index >= 15 is 0 Å². The average molecular weight is 617 g/mol. The Morgan fingerprint density at radius 2 is 1.76 bits per heavy atom. The van der Waals surface area contributed by atoms with E-state index in [1.807, 2.05) is 28.8 Å². The van der Waals surface area contributed by atoms with Gasteiger partial charge in [-0.3, -0.25) is 19.3 Å². The number of nitrogens with zero attached hydrogens (tertiary/aromatic N) is 2. The Morgan fingerprint density at radius 3 is 2.48 bits per heavy atom. The first-order valence-electron chi connectivity index (χ1n) is 15.1. The summed E-state index contributed by atoms with van der Waals surface area (Å²) in [7, 11) is 1.52. The number of thioether (sulfide) groups is 2. The number of likely N-dealkylation sites (N-methyl/N-ethyl adjacent to an activating group) is 1. The van der Waals surface area contributed by atoms with Gasteiger partial charge in [0.1, 0.15) is 23.7 Å². The second-order valence-corrected chi connectivity index (χ2v) is 15.5. The van der Waals surface area contributed by atoms with Gasteiger partial charge in [-0.2, -0.15) is 0 Å². The smallest absolute Gasteiger partial charge is 0.410 e. The monoisotopic (exact) mass is 616 g/mol. The van der Waals surface area contributed by atoms with Gasteiger partial charge >= 0.3 is 6.09 Å². The number of fused-ring (bicyclic) bond motifs is 2. The number of hydrogen-bond donors (Lipinski definition) is 2. The van der Waals surface area contributed by atoms with Crippen molar-refractivity contribution in [2.75, 3.05) is 18.6 Å². The molecule has 9 nitrogen and oxygen atoms in total. The lowest BCUT2D eigenvalue weighted by Crippen LogP contribution is -2.59. The molecule has 230 valence electrons. The molecule has 0 radical (unpaired) electrons. The fourth-order valence-electron chi connectivity index (χ4n) is 6.85. The molecule has 1 aliphatic carbocycles. The number of carbonyl (C=O) groups is 4. The lowest BCUT2D eigenvalue weighted by molar-refractivity contribution is -0.144. The molecule has 0 aromatic heterocycles. The maximum Gasteiger partial charge on any atom is 0.410 e. The van der Waals surface area contributed by atoms with Crippen molar-refractivity contribution in [3.05, 3.63) is 29.8 Å². The molecule has 3 fully saturated rings. The number of nitrogens with one attached hydrogen (secondary N) is 2. The Hall–Kier alpha value is -2.40. The number of ether oxygens (including phenoxy) is 1. The van der Waals surface area contributed by atoms with Crippen molar-refractivity contribution >= 4 is 47.3 Å². The molecule has 0 bridgehead atoms. The summed E-state index contributed by atoms with van der Waals surface area (Å²) in [6.45, 7) is 6.94. The highest BCUT2D eigenvalue weighted by molar-refractivity contribution is 8.00. The fraction of sp³-hybridized carbons (Fsp3) is 0.677. The molecule has 4 amide bonds. The molecule has 1 aromatic carbocycles. The van der Waals surface area contributed by atoms with Crippen LogP contribution in [0.4, 0.5) is 4.79 Å². The van der Waals surface area contributed by atoms with E-state index in [0.29, 0.717) is 12.2 Å². The summed E-state index contributed by atoms with van der Waals surface area (Å²) >= 11 is 3.53. The molecular weight excluding hydrogens is 572 g/mol. The third-order valence-corrected chi connectivity index (χ3v) is 11.5. The maximum atomic E-state index is 14.2. The van der Waals surface area contributed by atoms with E-state index in [2.05, 4.69) is 22.8 Å².